The van der Waals surface area contributed by atoms with Crippen LogP contribution < -0.4 is 10.6 Å². The van der Waals surface area contributed by atoms with Crippen LogP contribution in [0.1, 0.15) is 42.7 Å². The number of nitrogens with one attached hydrogen (secondary N) is 2. The molecular formula is C26H30N2O6. The van der Waals surface area contributed by atoms with Gasteiger partial charge in [0.15, 0.2) is 0 Å². The van der Waals surface area contributed by atoms with Gasteiger partial charge in [-0.05, 0) is 47.4 Å². The predicted octanol–water partition coefficient (Wildman–Crippen LogP) is 3.30. The molecule has 1 saturated carbocycles. The zero-order chi connectivity index (χ0) is 24.1. The molecule has 0 radical (unpaired) electrons. The number of carboxylic acid groups (broad SMARTS) is 1. The van der Waals surface area contributed by atoms with Crippen LogP contribution in [0.3, 0.4) is 0 Å². The molecule has 2 aliphatic carbocycles. The number of carbonyl (C=O) groups excluding carboxylic acids is 2. The third kappa shape index (κ3) is 5.39. The Morgan fingerprint density at radius 3 is 2.29 bits per heavy atom. The van der Waals surface area contributed by atoms with E-state index in [1.165, 1.54) is 7.11 Å². The number of fused-ring (bicyclic) bond motifs is 3. The van der Waals surface area contributed by atoms with Crippen LogP contribution >= 0.6 is 0 Å². The number of carboxylic acids is 1. The molecule has 2 aromatic rings. The van der Waals surface area contributed by atoms with Crippen molar-refractivity contribution in [1.82, 2.24) is 10.6 Å². The molecule has 0 aromatic heterocycles. The fraction of sp³-hybridized carbons (Fsp3) is 0.423. The average Bonchev–Trinajstić information content (AvgIpc) is 3.38. The van der Waals surface area contributed by atoms with Crippen LogP contribution in [0, 0.1) is 5.92 Å². The minimum absolute atomic E-state index is 0.00129. The molecule has 34 heavy (non-hydrogen) atoms. The van der Waals surface area contributed by atoms with Crippen molar-refractivity contribution in [2.24, 2.45) is 5.92 Å². The number of alkyl carbamates (subject to hydrolysis) is 1. The minimum atomic E-state index is -0.904. The van der Waals surface area contributed by atoms with Crippen molar-refractivity contribution in [3.05, 3.63) is 59.7 Å². The summed E-state index contributed by atoms with van der Waals surface area (Å²) in [6, 6.07) is 15.1. The fourth-order valence-electron chi connectivity index (χ4n) is 5.07. The number of rotatable bonds is 9. The van der Waals surface area contributed by atoms with Crippen LogP contribution in [0.25, 0.3) is 11.1 Å². The molecule has 3 N–H and O–H groups in total. The normalized spacial score (nSPS) is 19.7. The second kappa shape index (κ2) is 10.7. The highest BCUT2D eigenvalue weighted by Crippen LogP contribution is 2.44. The van der Waals surface area contributed by atoms with E-state index in [4.69, 9.17) is 14.6 Å². The van der Waals surface area contributed by atoms with Crippen LogP contribution in [0.15, 0.2) is 48.5 Å². The monoisotopic (exact) mass is 466 g/mol. The van der Waals surface area contributed by atoms with Crippen molar-refractivity contribution >= 4 is 18.0 Å². The minimum Gasteiger partial charge on any atom is -0.481 e. The van der Waals surface area contributed by atoms with Crippen LogP contribution in [0.4, 0.5) is 4.79 Å². The lowest BCUT2D eigenvalue weighted by molar-refractivity contribution is -0.138. The summed E-state index contributed by atoms with van der Waals surface area (Å²) in [6.45, 7) is 0.155. The molecule has 3 atom stereocenters. The largest absolute Gasteiger partial charge is 0.481 e. The van der Waals surface area contributed by atoms with Crippen LogP contribution in [-0.4, -0.2) is 55.5 Å². The molecule has 1 fully saturated rings. The summed E-state index contributed by atoms with van der Waals surface area (Å²) in [6.07, 6.45) is 1.50. The van der Waals surface area contributed by atoms with Gasteiger partial charge in [0.05, 0.1) is 6.61 Å². The maximum absolute atomic E-state index is 12.8. The number of benzene rings is 2. The van der Waals surface area contributed by atoms with Crippen LogP contribution in [0.5, 0.6) is 0 Å². The number of amides is 2. The van der Waals surface area contributed by atoms with Gasteiger partial charge >= 0.3 is 12.1 Å². The van der Waals surface area contributed by atoms with Crippen molar-refractivity contribution in [2.75, 3.05) is 20.3 Å². The van der Waals surface area contributed by atoms with Crippen LogP contribution in [0.2, 0.25) is 0 Å². The quantitative estimate of drug-likeness (QED) is 0.523. The van der Waals surface area contributed by atoms with Gasteiger partial charge in [-0.2, -0.15) is 0 Å². The van der Waals surface area contributed by atoms with Gasteiger partial charge in [0.25, 0.3) is 0 Å². The van der Waals surface area contributed by atoms with Gasteiger partial charge in [-0.3, -0.25) is 9.59 Å². The van der Waals surface area contributed by atoms with Gasteiger partial charge < -0.3 is 25.2 Å². The zero-order valence-electron chi connectivity index (χ0n) is 19.2. The molecular weight excluding hydrogens is 436 g/mol. The molecule has 0 heterocycles. The number of ether oxygens (including phenoxy) is 2. The topological polar surface area (TPSA) is 114 Å². The second-order valence-electron chi connectivity index (χ2n) is 8.96. The summed E-state index contributed by atoms with van der Waals surface area (Å²) in [5.41, 5.74) is 4.50. The molecule has 2 aromatic carbocycles. The Labute approximate surface area is 198 Å². The molecule has 0 saturated heterocycles. The van der Waals surface area contributed by atoms with E-state index in [0.29, 0.717) is 12.8 Å². The molecule has 180 valence electrons. The van der Waals surface area contributed by atoms with Gasteiger partial charge in [0.1, 0.15) is 12.6 Å². The van der Waals surface area contributed by atoms with Crippen molar-refractivity contribution in [1.29, 1.82) is 0 Å². The molecule has 2 aliphatic rings. The lowest BCUT2D eigenvalue weighted by Gasteiger charge is -2.21. The van der Waals surface area contributed by atoms with E-state index < -0.39 is 18.1 Å². The molecule has 8 heteroatoms. The number of methoxy groups -OCH3 is 1. The first-order chi connectivity index (χ1) is 16.5. The van der Waals surface area contributed by atoms with E-state index >= 15 is 0 Å². The highest BCUT2D eigenvalue weighted by Gasteiger charge is 2.32. The summed E-state index contributed by atoms with van der Waals surface area (Å²) in [4.78, 5) is 36.3. The fourth-order valence-corrected chi connectivity index (χ4v) is 5.07. The number of hydrogen-bond acceptors (Lipinski definition) is 5. The summed E-state index contributed by atoms with van der Waals surface area (Å²) in [7, 11) is 1.46. The summed E-state index contributed by atoms with van der Waals surface area (Å²) in [5, 5.41) is 14.5. The molecule has 0 aliphatic heterocycles. The first kappa shape index (κ1) is 23.8. The summed E-state index contributed by atoms with van der Waals surface area (Å²) < 4.78 is 10.7. The maximum Gasteiger partial charge on any atom is 0.407 e. The Kier molecular flexibility index (Phi) is 7.47. The molecule has 2 amide bonds. The van der Waals surface area contributed by atoms with E-state index in [-0.39, 0.29) is 43.4 Å². The summed E-state index contributed by atoms with van der Waals surface area (Å²) >= 11 is 0. The van der Waals surface area contributed by atoms with E-state index in [1.807, 2.05) is 36.4 Å². The molecule has 0 unspecified atom stereocenters. The molecule has 0 bridgehead atoms. The van der Waals surface area contributed by atoms with Crippen LogP contribution in [-0.2, 0) is 19.1 Å². The Hall–Kier alpha value is -3.39. The van der Waals surface area contributed by atoms with Crippen molar-refractivity contribution in [3.8, 4) is 11.1 Å². The van der Waals surface area contributed by atoms with E-state index in [0.717, 1.165) is 28.7 Å². The van der Waals surface area contributed by atoms with Gasteiger partial charge in [0.2, 0.25) is 5.91 Å². The predicted molar refractivity (Wildman–Crippen MR) is 125 cm³/mol. The Balaban J connectivity index is 1.33. The first-order valence-electron chi connectivity index (χ1n) is 11.6. The number of aliphatic carboxylic acids is 1. The Bertz CT molecular complexity index is 1010. The molecule has 8 nitrogen and oxygen atoms in total. The van der Waals surface area contributed by atoms with E-state index in [1.54, 1.807) is 0 Å². The Morgan fingerprint density at radius 1 is 1.03 bits per heavy atom. The maximum atomic E-state index is 12.8. The van der Waals surface area contributed by atoms with Gasteiger partial charge in [-0.15, -0.1) is 0 Å². The molecule has 0 spiro atoms. The SMILES string of the molecule is COC[C@H](NC(=O)OCC1c2ccccc2-c2ccccc21)C(=O)N[C@@H]1CC[C@H](CC(=O)O)C1. The van der Waals surface area contributed by atoms with E-state index in [2.05, 4.69) is 22.8 Å². The number of hydrogen-bond donors (Lipinski definition) is 3. The van der Waals surface area contributed by atoms with Gasteiger partial charge in [-0.25, -0.2) is 4.79 Å². The highest BCUT2D eigenvalue weighted by atomic mass is 16.5. The van der Waals surface area contributed by atoms with E-state index in [9.17, 15) is 14.4 Å². The lowest BCUT2D eigenvalue weighted by atomic mass is 9.98. The van der Waals surface area contributed by atoms with Crippen molar-refractivity contribution < 1.29 is 29.0 Å². The Morgan fingerprint density at radius 2 is 1.68 bits per heavy atom. The smallest absolute Gasteiger partial charge is 0.407 e. The average molecular weight is 467 g/mol. The second-order valence-corrected chi connectivity index (χ2v) is 8.96. The van der Waals surface area contributed by atoms with Gasteiger partial charge in [-0.1, -0.05) is 48.5 Å². The van der Waals surface area contributed by atoms with Crippen molar-refractivity contribution in [2.45, 2.75) is 43.7 Å². The first-order valence-corrected chi connectivity index (χ1v) is 11.6. The summed E-state index contributed by atoms with van der Waals surface area (Å²) in [5.74, 6) is -1.21. The van der Waals surface area contributed by atoms with Gasteiger partial charge in [0, 0.05) is 25.5 Å². The third-order valence-corrected chi connectivity index (χ3v) is 6.64. The molecule has 4 rings (SSSR count). The third-order valence-electron chi connectivity index (χ3n) is 6.64. The van der Waals surface area contributed by atoms with Crippen molar-refractivity contribution in [3.63, 3.8) is 0 Å². The highest BCUT2D eigenvalue weighted by molar-refractivity contribution is 5.86. The zero-order valence-corrected chi connectivity index (χ0v) is 19.2. The lowest BCUT2D eigenvalue weighted by Crippen LogP contribution is -2.51. The number of carbonyl (C=O) groups is 3. The standard InChI is InChI=1S/C26H30N2O6/c1-33-15-23(25(31)27-17-11-10-16(12-17)13-24(29)30)28-26(32)34-14-22-20-8-4-2-6-18(20)19-7-3-5-9-21(19)22/h2-9,16-17,22-23H,10-15H2,1H3,(H,27,31)(H,28,32)(H,29,30)/t16-,17+,23-/m0/s1.